The van der Waals surface area contributed by atoms with Crippen molar-refractivity contribution < 1.29 is 31.0 Å². The van der Waals surface area contributed by atoms with Crippen LogP contribution in [0.15, 0.2) is 0 Å². The molecule has 8 heteroatoms. The molecule has 0 radical (unpaired) electrons. The molecule has 0 atom stereocenters. The van der Waals surface area contributed by atoms with Crippen molar-refractivity contribution in [2.24, 2.45) is 0 Å². The number of halogens is 4. The number of hydrogen-bond acceptors (Lipinski definition) is 0. The van der Waals surface area contributed by atoms with Crippen molar-refractivity contribution >= 4 is 66.6 Å². The molecule has 116 valence electrons. The zero-order valence-electron chi connectivity index (χ0n) is 9.84. The third kappa shape index (κ3) is 300. The molecule has 0 bridgehead atoms. The summed E-state index contributed by atoms with van der Waals surface area (Å²) in [6.45, 7) is 23.4. The molecule has 0 aromatic rings. The van der Waals surface area contributed by atoms with E-state index in [2.05, 4.69) is 105 Å². The van der Waals surface area contributed by atoms with Crippen LogP contribution in [0.4, 0.5) is 0 Å². The van der Waals surface area contributed by atoms with Crippen molar-refractivity contribution in [2.45, 2.75) is 0 Å². The summed E-state index contributed by atoms with van der Waals surface area (Å²) >= 11 is 13.2. The van der Waals surface area contributed by atoms with E-state index >= 15 is 0 Å². The van der Waals surface area contributed by atoms with Gasteiger partial charge in [0.15, 0.2) is 0 Å². The van der Waals surface area contributed by atoms with Crippen LogP contribution < -0.4 is 0 Å². The van der Waals surface area contributed by atoms with Crippen LogP contribution in [0, 0.1) is 26.7 Å². The summed E-state index contributed by atoms with van der Waals surface area (Å²) in [6, 6.07) is 0. The molecule has 0 heterocycles. The largest absolute Gasteiger partial charge is 0.268 e. The average molecular weight is 892 g/mol. The first-order chi connectivity index (χ1) is 6.83. The van der Waals surface area contributed by atoms with Gasteiger partial charge in [-0.15, -0.1) is 0 Å². The third-order valence-electron chi connectivity index (χ3n) is 0. The minimum atomic E-state index is -0.889. The normalized spacial score (nSPS) is 10.2. The van der Waals surface area contributed by atoms with Gasteiger partial charge >= 0.3 is 83.1 Å². The van der Waals surface area contributed by atoms with E-state index in [0.29, 0.717) is 31.0 Å². The number of rotatable bonds is 0. The van der Waals surface area contributed by atoms with E-state index < -0.39 is 14.5 Å². The average Bonchev–Trinajstić information content (AvgIpc) is 1.79. The quantitative estimate of drug-likeness (QED) is 0.139. The molecule has 16 heavy (non-hydrogen) atoms. The van der Waals surface area contributed by atoms with Crippen LogP contribution >= 0.6 is 66.6 Å². The van der Waals surface area contributed by atoms with E-state index in [0.717, 1.165) is 0 Å². The maximum atomic E-state index is 3.77. The van der Waals surface area contributed by atoms with Crippen molar-refractivity contribution in [3.05, 3.63) is 26.7 Å². The molecule has 0 nitrogen and oxygen atoms in total. The van der Waals surface area contributed by atoms with Crippen molar-refractivity contribution in [2.75, 3.05) is 26.7 Å². The second-order valence-corrected chi connectivity index (χ2v) is 30.7. The molecule has 0 saturated carbocycles. The predicted octanol–water partition coefficient (Wildman–Crippen LogP) is 7.07. The van der Waals surface area contributed by atoms with Gasteiger partial charge in [0.05, 0.1) is 0 Å². The molecule has 0 aliphatic heterocycles. The smallest absolute Gasteiger partial charge is 0.00471 e. The first-order valence-corrected chi connectivity index (χ1v) is 28.5. The molecule has 0 spiro atoms. The fourth-order valence-electron chi connectivity index (χ4n) is 0. The van der Waals surface area contributed by atoms with E-state index in [1.807, 2.05) is 0 Å². The van der Waals surface area contributed by atoms with Crippen LogP contribution in [0.1, 0.15) is 0 Å². The standard InChI is InChI=1S/2C4H10P.2Au.4BrH/c2*1-5(2,3)4;;;;;;/h2*1-2H2,3-4H3;;;4*1H/q2*-1;2*+1;;;;/p-4. The monoisotopic (exact) mass is 888 g/mol. The Labute approximate surface area is 148 Å². The molecule has 0 unspecified atom stereocenters. The summed E-state index contributed by atoms with van der Waals surface area (Å²) in [5.41, 5.74) is 0. The Morgan fingerprint density at radius 3 is 0.625 bits per heavy atom. The van der Waals surface area contributed by atoms with E-state index in [1.54, 1.807) is 0 Å². The predicted molar refractivity (Wildman–Crippen MR) is 94.7 cm³/mol. The summed E-state index contributed by atoms with van der Waals surface area (Å²) < 4.78 is 0. The van der Waals surface area contributed by atoms with Gasteiger partial charge in [-0.25, -0.2) is 26.7 Å². The zero-order chi connectivity index (χ0) is 14.4. The first-order valence-electron chi connectivity index (χ1n) is 3.51. The fraction of sp³-hybridized carbons (Fsp3) is 0.500. The van der Waals surface area contributed by atoms with Gasteiger partial charge in [-0.05, 0) is 26.7 Å². The fourth-order valence-corrected chi connectivity index (χ4v) is 0. The summed E-state index contributed by atoms with van der Waals surface area (Å²) in [7, 11) is -1.78. The van der Waals surface area contributed by atoms with Crippen LogP contribution in [0.5, 0.6) is 0 Å². The maximum absolute atomic E-state index is 3.77. The Morgan fingerprint density at radius 2 is 0.625 bits per heavy atom. The van der Waals surface area contributed by atoms with Gasteiger partial charge in [0.1, 0.15) is 0 Å². The van der Waals surface area contributed by atoms with Gasteiger partial charge in [0.2, 0.25) is 0 Å². The van der Waals surface area contributed by atoms with Crippen molar-refractivity contribution in [3.8, 4) is 0 Å². The Kier molecular flexibility index (Phi) is 34.2. The van der Waals surface area contributed by atoms with Crippen LogP contribution in [-0.2, 0) is 31.0 Å². The van der Waals surface area contributed by atoms with Crippen LogP contribution in [-0.4, -0.2) is 26.7 Å². The topological polar surface area (TPSA) is 0 Å². The van der Waals surface area contributed by atoms with Gasteiger partial charge in [-0.1, -0.05) is 0 Å². The molecule has 0 aliphatic carbocycles. The molecule has 0 N–H and O–H groups in total. The van der Waals surface area contributed by atoms with Crippen LogP contribution in [0.25, 0.3) is 0 Å². The second-order valence-electron chi connectivity index (χ2n) is 3.96. The molecule has 0 aromatic carbocycles. The van der Waals surface area contributed by atoms with E-state index in [-0.39, 0.29) is 0 Å². The number of hydrogen-bond donors (Lipinski definition) is 0. The molecule has 0 fully saturated rings. The third-order valence-corrected chi connectivity index (χ3v) is 0. The molecule has 0 saturated heterocycles. The first kappa shape index (κ1) is 28.4. The summed E-state index contributed by atoms with van der Waals surface area (Å²) in [4.78, 5) is 0. The Balaban J connectivity index is -0.0000000621. The molecule has 0 aliphatic rings. The van der Waals surface area contributed by atoms with Crippen LogP contribution in [0.2, 0.25) is 0 Å². The molecular weight excluding hydrogens is 872 g/mol. The summed E-state index contributed by atoms with van der Waals surface area (Å²) in [5, 5.41) is 0. The Bertz CT molecular complexity index is 89.6. The van der Waals surface area contributed by atoms with Gasteiger partial charge < -0.3 is 0 Å². The minimum absolute atomic E-state index is 0.292. The van der Waals surface area contributed by atoms with E-state index in [1.165, 1.54) is 0 Å². The van der Waals surface area contributed by atoms with Gasteiger partial charge in [-0.2, -0.15) is 0 Å². The van der Waals surface area contributed by atoms with Crippen LogP contribution in [0.3, 0.4) is 0 Å². The van der Waals surface area contributed by atoms with E-state index in [9.17, 15) is 0 Å². The Morgan fingerprint density at radius 1 is 0.625 bits per heavy atom. The van der Waals surface area contributed by atoms with Crippen molar-refractivity contribution in [3.63, 3.8) is 0 Å². The summed E-state index contributed by atoms with van der Waals surface area (Å²) in [6.07, 6.45) is 0. The second kappa shape index (κ2) is 19.3. The summed E-state index contributed by atoms with van der Waals surface area (Å²) in [5.74, 6) is 0. The minimum Gasteiger partial charge on any atom is -0.268 e. The van der Waals surface area contributed by atoms with Crippen molar-refractivity contribution in [1.29, 1.82) is 0 Å². The maximum Gasteiger partial charge on any atom is -0.00471 e. The van der Waals surface area contributed by atoms with E-state index in [4.69, 9.17) is 0 Å². The molecule has 0 aromatic heterocycles. The van der Waals surface area contributed by atoms with Gasteiger partial charge in [-0.3, -0.25) is 14.5 Å². The van der Waals surface area contributed by atoms with Gasteiger partial charge in [0.25, 0.3) is 0 Å². The van der Waals surface area contributed by atoms with Crippen molar-refractivity contribution in [1.82, 2.24) is 0 Å². The zero-order valence-corrected chi connectivity index (χ0v) is 22.3. The van der Waals surface area contributed by atoms with Gasteiger partial charge in [0, 0.05) is 0 Å². The molecular formula is C8H20Au2Br4P2-4. The Hall–Kier alpha value is 4.26. The SMILES string of the molecule is [Br][Au-][Br].[Br][Au-][Br].[CH2-][P+]([CH2-])(C)C.[CH2-][P+]([CH2-])(C)C. The molecule has 0 amide bonds. The molecule has 0 rings (SSSR count).